The van der Waals surface area contributed by atoms with Crippen LogP contribution in [0.1, 0.15) is 64.9 Å². The highest BCUT2D eigenvalue weighted by Crippen LogP contribution is 2.19. The largest absolute Gasteiger partial charge is 0.481 e. The molecule has 0 fully saturated rings. The normalized spacial score (nSPS) is 14.3. The fourth-order valence-corrected chi connectivity index (χ4v) is 6.08. The zero-order valence-corrected chi connectivity index (χ0v) is 35.0. The van der Waals surface area contributed by atoms with Gasteiger partial charge in [0.15, 0.2) is 5.96 Å². The molecule has 2 rings (SSSR count). The summed E-state index contributed by atoms with van der Waals surface area (Å²) < 4.78 is 0. The first-order chi connectivity index (χ1) is 29.5. The Kier molecular flexibility index (Phi) is 20.4. The number of carboxylic acid groups (broad SMARTS) is 2. The summed E-state index contributed by atoms with van der Waals surface area (Å²) in [6.07, 6.45) is -1.15. The van der Waals surface area contributed by atoms with Crippen LogP contribution in [0.5, 0.6) is 0 Å². The number of amides is 8. The number of para-hydroxylation sites is 1. The minimum Gasteiger partial charge on any atom is -0.481 e. The number of guanidine groups is 1. The maximum atomic E-state index is 13.9. The molecule has 0 saturated carbocycles. The van der Waals surface area contributed by atoms with Crippen LogP contribution in [0.4, 0.5) is 0 Å². The Labute approximate surface area is 360 Å². The van der Waals surface area contributed by atoms with Crippen molar-refractivity contribution < 1.29 is 58.2 Å². The van der Waals surface area contributed by atoms with Gasteiger partial charge in [0.1, 0.15) is 36.3 Å². The third-order valence-corrected chi connectivity index (χ3v) is 9.19. The number of aromatic nitrogens is 1. The molecule has 0 bridgehead atoms. The predicted molar refractivity (Wildman–Crippen MR) is 224 cm³/mol. The number of hydrogen-bond acceptors (Lipinski definition) is 12. The summed E-state index contributed by atoms with van der Waals surface area (Å²) in [5.74, 6) is -11.8. The molecule has 25 nitrogen and oxygen atoms in total. The summed E-state index contributed by atoms with van der Waals surface area (Å²) in [6.45, 7) is 4.89. The molecule has 1 aromatic carbocycles. The summed E-state index contributed by atoms with van der Waals surface area (Å²) in [5, 5.41) is 33.4. The number of H-pyrrole nitrogens is 1. The number of nitrogens with zero attached hydrogens (tertiary/aromatic N) is 1. The molecule has 0 spiro atoms. The summed E-state index contributed by atoms with van der Waals surface area (Å²) in [5.41, 5.74) is 28.3. The first kappa shape index (κ1) is 51.8. The molecule has 19 N–H and O–H groups in total. The SMILES string of the molecule is CC(C)C[C@H](N)C(=O)N[C@@H](CC(=O)O)C(=O)N[C@@H](CC(N)=O)C(=O)N[C@@H](CC(N)=O)C(=O)N[C@@H](Cc1c[nH]c2ccccc12)C(=O)N[C@@H](C)C(=O)N[C@@H](CCCN=C(N)N)C(=O)O. The lowest BCUT2D eigenvalue weighted by Crippen LogP contribution is -2.60. The fraction of sp³-hybridized carbons (Fsp3) is 0.500. The van der Waals surface area contributed by atoms with Crippen molar-refractivity contribution in [1.29, 1.82) is 0 Å². The van der Waals surface area contributed by atoms with E-state index in [0.29, 0.717) is 16.5 Å². The molecule has 2 aromatic rings. The molecule has 8 amide bonds. The molecule has 0 aliphatic carbocycles. The third-order valence-electron chi connectivity index (χ3n) is 9.19. The van der Waals surface area contributed by atoms with Crippen LogP contribution in [0, 0.1) is 5.92 Å². The molecule has 0 aliphatic heterocycles. The summed E-state index contributed by atoms with van der Waals surface area (Å²) in [6, 6.07) is -4.07. The van der Waals surface area contributed by atoms with Crippen LogP contribution in [-0.4, -0.2) is 129 Å². The minimum atomic E-state index is -1.90. The van der Waals surface area contributed by atoms with Crippen molar-refractivity contribution in [2.75, 3.05) is 6.54 Å². The van der Waals surface area contributed by atoms with Crippen molar-refractivity contribution in [3.63, 3.8) is 0 Å². The summed E-state index contributed by atoms with van der Waals surface area (Å²) in [4.78, 5) is 135. The van der Waals surface area contributed by atoms with Crippen LogP contribution in [-0.2, 0) is 54.4 Å². The molecule has 1 aromatic heterocycles. The minimum absolute atomic E-state index is 0.0431. The number of nitrogens with one attached hydrogen (secondary N) is 7. The molecule has 0 unspecified atom stereocenters. The molecule has 7 atom stereocenters. The number of carbonyl (C=O) groups is 10. The van der Waals surface area contributed by atoms with Gasteiger partial charge in [0.2, 0.25) is 47.3 Å². The average molecular weight is 888 g/mol. The van der Waals surface area contributed by atoms with Crippen LogP contribution in [0.2, 0.25) is 0 Å². The van der Waals surface area contributed by atoms with E-state index >= 15 is 0 Å². The lowest BCUT2D eigenvalue weighted by molar-refractivity contribution is -0.142. The number of aromatic amines is 1. The van der Waals surface area contributed by atoms with Gasteiger partial charge < -0.3 is 75.8 Å². The van der Waals surface area contributed by atoms with E-state index in [1.54, 1.807) is 44.3 Å². The topological polar surface area (TPSA) is 442 Å². The average Bonchev–Trinajstić information content (AvgIpc) is 3.59. The van der Waals surface area contributed by atoms with E-state index in [9.17, 15) is 58.2 Å². The molecule has 346 valence electrons. The quantitative estimate of drug-likeness (QED) is 0.0228. The number of benzene rings is 1. The van der Waals surface area contributed by atoms with Crippen molar-refractivity contribution in [3.8, 4) is 0 Å². The highest BCUT2D eigenvalue weighted by Gasteiger charge is 2.35. The number of rotatable bonds is 27. The van der Waals surface area contributed by atoms with Crippen molar-refractivity contribution in [1.82, 2.24) is 36.9 Å². The van der Waals surface area contributed by atoms with Gasteiger partial charge in [0, 0.05) is 30.1 Å². The number of aliphatic carboxylic acids is 2. The smallest absolute Gasteiger partial charge is 0.326 e. The Balaban J connectivity index is 2.39. The maximum Gasteiger partial charge on any atom is 0.326 e. The van der Waals surface area contributed by atoms with E-state index in [-0.39, 0.29) is 44.1 Å². The first-order valence-electron chi connectivity index (χ1n) is 19.7. The van der Waals surface area contributed by atoms with Crippen LogP contribution in [0.25, 0.3) is 10.9 Å². The molecule has 63 heavy (non-hydrogen) atoms. The Bertz CT molecular complexity index is 2030. The van der Waals surface area contributed by atoms with Crippen molar-refractivity contribution >= 4 is 76.1 Å². The van der Waals surface area contributed by atoms with E-state index in [1.165, 1.54) is 6.92 Å². The van der Waals surface area contributed by atoms with Gasteiger partial charge in [-0.3, -0.25) is 48.1 Å². The van der Waals surface area contributed by atoms with Gasteiger partial charge in [-0.1, -0.05) is 32.0 Å². The molecule has 1 heterocycles. The zero-order chi connectivity index (χ0) is 47.6. The van der Waals surface area contributed by atoms with Gasteiger partial charge in [-0.2, -0.15) is 0 Å². The van der Waals surface area contributed by atoms with Crippen LogP contribution < -0.4 is 60.6 Å². The summed E-state index contributed by atoms with van der Waals surface area (Å²) in [7, 11) is 0. The van der Waals surface area contributed by atoms with Gasteiger partial charge >= 0.3 is 11.9 Å². The van der Waals surface area contributed by atoms with Gasteiger partial charge in [0.25, 0.3) is 0 Å². The molecule has 0 saturated heterocycles. The van der Waals surface area contributed by atoms with Crippen molar-refractivity contribution in [3.05, 3.63) is 36.0 Å². The van der Waals surface area contributed by atoms with Crippen LogP contribution >= 0.6 is 0 Å². The summed E-state index contributed by atoms with van der Waals surface area (Å²) >= 11 is 0. The van der Waals surface area contributed by atoms with Crippen molar-refractivity contribution in [2.24, 2.45) is 39.6 Å². The van der Waals surface area contributed by atoms with E-state index < -0.39 is 121 Å². The van der Waals surface area contributed by atoms with Gasteiger partial charge in [0.05, 0.1) is 25.3 Å². The Morgan fingerprint density at radius 1 is 0.651 bits per heavy atom. The number of primary amides is 2. The van der Waals surface area contributed by atoms with E-state index in [1.807, 2.05) is 0 Å². The predicted octanol–water partition coefficient (Wildman–Crippen LogP) is -4.62. The molecular formula is C38H57N13O12. The van der Waals surface area contributed by atoms with E-state index in [0.717, 1.165) is 0 Å². The lowest BCUT2D eigenvalue weighted by atomic mass is 10.0. The first-order valence-corrected chi connectivity index (χ1v) is 19.7. The zero-order valence-electron chi connectivity index (χ0n) is 35.0. The van der Waals surface area contributed by atoms with Gasteiger partial charge in [-0.25, -0.2) is 4.79 Å². The van der Waals surface area contributed by atoms with Gasteiger partial charge in [-0.05, 0) is 43.7 Å². The second-order valence-electron chi connectivity index (χ2n) is 15.1. The number of aliphatic imine (C=N–C) groups is 1. The van der Waals surface area contributed by atoms with Crippen LogP contribution in [0.15, 0.2) is 35.5 Å². The maximum absolute atomic E-state index is 13.9. The third kappa shape index (κ3) is 18.1. The standard InChI is InChI=1S/C38H57N13O12/c1-17(2)11-21(39)32(57)48-27(15-30(54)55)36(61)51-26(14-29(41)53)35(60)50-25(13-28(40)52)34(59)49-24(12-19-16-45-22-8-5-4-7-20(19)22)33(58)46-18(3)31(56)47-23(37(62)63)9-6-10-44-38(42)43/h4-5,7-8,16-18,21,23-27,45H,6,9-15,39H2,1-3H3,(H2,40,52)(H2,41,53)(H,46,58)(H,47,56)(H,48,57)(H,49,59)(H,50,60)(H,51,61)(H,54,55)(H,62,63)(H4,42,43,44)/t18-,21-,23-,24-,25-,26-,27-/m0/s1. The highest BCUT2D eigenvalue weighted by molar-refractivity contribution is 6.00. The number of nitrogens with two attached hydrogens (primary N) is 5. The van der Waals surface area contributed by atoms with Gasteiger partial charge in [-0.15, -0.1) is 0 Å². The second-order valence-corrected chi connectivity index (χ2v) is 15.1. The van der Waals surface area contributed by atoms with E-state index in [2.05, 4.69) is 41.9 Å². The molecule has 0 aliphatic rings. The van der Waals surface area contributed by atoms with Crippen molar-refractivity contribution in [2.45, 2.75) is 108 Å². The number of carboxylic acids is 2. The molecular weight excluding hydrogens is 830 g/mol. The Morgan fingerprint density at radius 3 is 1.65 bits per heavy atom. The molecule has 0 radical (unpaired) electrons. The number of fused-ring (bicyclic) bond motifs is 1. The second kappa shape index (κ2) is 24.8. The monoisotopic (exact) mass is 887 g/mol. The fourth-order valence-electron chi connectivity index (χ4n) is 6.08. The van der Waals surface area contributed by atoms with Crippen LogP contribution in [0.3, 0.4) is 0 Å². The molecule has 25 heteroatoms. The Hall–Kier alpha value is -7.31. The highest BCUT2D eigenvalue weighted by atomic mass is 16.4. The number of hydrogen-bond donors (Lipinski definition) is 14. The lowest BCUT2D eigenvalue weighted by Gasteiger charge is -2.26. The number of carbonyl (C=O) groups excluding carboxylic acids is 8. The van der Waals surface area contributed by atoms with E-state index in [4.69, 9.17) is 28.7 Å². The Morgan fingerprint density at radius 2 is 1.14 bits per heavy atom.